The van der Waals surface area contributed by atoms with E-state index in [1.165, 1.54) is 0 Å². The Morgan fingerprint density at radius 1 is 1.15 bits per heavy atom. The van der Waals surface area contributed by atoms with Crippen LogP contribution in [0.4, 0.5) is 0 Å². The molecule has 4 heteroatoms. The summed E-state index contributed by atoms with van der Waals surface area (Å²) in [6.45, 7) is 0. The highest BCUT2D eigenvalue weighted by atomic mass is 79.9. The summed E-state index contributed by atoms with van der Waals surface area (Å²) in [4.78, 5) is 0.413. The van der Waals surface area contributed by atoms with E-state index in [0.717, 1.165) is 5.33 Å². The van der Waals surface area contributed by atoms with E-state index in [1.807, 2.05) is 6.07 Å². The molecule has 0 N–H and O–H groups in total. The van der Waals surface area contributed by atoms with E-state index >= 15 is 0 Å². The second-order valence-electron chi connectivity index (χ2n) is 2.67. The number of rotatable bonds is 4. The molecule has 72 valence electrons. The van der Waals surface area contributed by atoms with Crippen molar-refractivity contribution in [2.24, 2.45) is 0 Å². The summed E-state index contributed by atoms with van der Waals surface area (Å²) in [6.07, 6.45) is 0.650. The van der Waals surface area contributed by atoms with Crippen molar-refractivity contribution in [3.05, 3.63) is 30.3 Å². The second-order valence-corrected chi connectivity index (χ2v) is 5.58. The van der Waals surface area contributed by atoms with Gasteiger partial charge in [-0.2, -0.15) is 0 Å². The van der Waals surface area contributed by atoms with Crippen LogP contribution in [0.3, 0.4) is 0 Å². The molecule has 0 radical (unpaired) electrons. The van der Waals surface area contributed by atoms with Gasteiger partial charge in [0.1, 0.15) is 0 Å². The van der Waals surface area contributed by atoms with Gasteiger partial charge >= 0.3 is 0 Å². The molecule has 13 heavy (non-hydrogen) atoms. The Labute approximate surface area is 87.0 Å². The maximum atomic E-state index is 11.6. The van der Waals surface area contributed by atoms with Gasteiger partial charge in [0, 0.05) is 5.33 Å². The van der Waals surface area contributed by atoms with Crippen LogP contribution in [-0.2, 0) is 9.84 Å². The number of benzene rings is 1. The second kappa shape index (κ2) is 4.77. The van der Waals surface area contributed by atoms with Gasteiger partial charge in [0.05, 0.1) is 10.6 Å². The maximum absolute atomic E-state index is 11.6. The number of halogens is 1. The lowest BCUT2D eigenvalue weighted by molar-refractivity contribution is 0.595. The number of hydrogen-bond acceptors (Lipinski definition) is 2. The van der Waals surface area contributed by atoms with Gasteiger partial charge in [-0.25, -0.2) is 8.42 Å². The average molecular weight is 263 g/mol. The molecule has 2 nitrogen and oxygen atoms in total. The van der Waals surface area contributed by atoms with Crippen molar-refractivity contribution in [2.45, 2.75) is 11.3 Å². The molecule has 1 aromatic rings. The van der Waals surface area contributed by atoms with Crippen LogP contribution in [0.15, 0.2) is 35.2 Å². The molecule has 0 aliphatic heterocycles. The van der Waals surface area contributed by atoms with Gasteiger partial charge in [-0.05, 0) is 18.6 Å². The third-order valence-electron chi connectivity index (χ3n) is 1.65. The lowest BCUT2D eigenvalue weighted by atomic mass is 10.4. The first-order valence-corrected chi connectivity index (χ1v) is 6.78. The van der Waals surface area contributed by atoms with Crippen LogP contribution < -0.4 is 0 Å². The van der Waals surface area contributed by atoms with E-state index in [2.05, 4.69) is 15.9 Å². The zero-order chi connectivity index (χ0) is 9.73. The predicted octanol–water partition coefficient (Wildman–Crippen LogP) is 2.25. The largest absolute Gasteiger partial charge is 0.224 e. The number of sulfone groups is 1. The molecule has 0 aliphatic rings. The Morgan fingerprint density at radius 3 is 2.31 bits per heavy atom. The third-order valence-corrected chi connectivity index (χ3v) is 4.03. The highest BCUT2D eigenvalue weighted by molar-refractivity contribution is 9.09. The quantitative estimate of drug-likeness (QED) is 0.781. The van der Waals surface area contributed by atoms with Crippen molar-refractivity contribution in [2.75, 3.05) is 11.1 Å². The van der Waals surface area contributed by atoms with Gasteiger partial charge < -0.3 is 0 Å². The molecule has 0 fully saturated rings. The fourth-order valence-electron chi connectivity index (χ4n) is 0.990. The Bertz CT molecular complexity index is 345. The van der Waals surface area contributed by atoms with E-state index in [1.54, 1.807) is 24.3 Å². The zero-order valence-electron chi connectivity index (χ0n) is 7.11. The number of alkyl halides is 1. The summed E-state index contributed by atoms with van der Waals surface area (Å²) in [5.41, 5.74) is 0. The lowest BCUT2D eigenvalue weighted by Crippen LogP contribution is -2.06. The molecule has 0 unspecified atom stereocenters. The predicted molar refractivity (Wildman–Crippen MR) is 56.9 cm³/mol. The van der Waals surface area contributed by atoms with Crippen LogP contribution in [0.1, 0.15) is 6.42 Å². The molecule has 0 spiro atoms. The molecule has 0 aliphatic carbocycles. The Morgan fingerprint density at radius 2 is 1.77 bits per heavy atom. The van der Waals surface area contributed by atoms with Gasteiger partial charge in [0.2, 0.25) is 0 Å². The first-order valence-electron chi connectivity index (χ1n) is 4.00. The monoisotopic (exact) mass is 262 g/mol. The Kier molecular flexibility index (Phi) is 3.93. The molecule has 0 saturated carbocycles. The van der Waals surface area contributed by atoms with Crippen molar-refractivity contribution in [1.82, 2.24) is 0 Å². The van der Waals surface area contributed by atoms with Crippen LogP contribution in [0.2, 0.25) is 0 Å². The summed E-state index contributed by atoms with van der Waals surface area (Å²) >= 11 is 3.21. The lowest BCUT2D eigenvalue weighted by Gasteiger charge is -2.01. The summed E-state index contributed by atoms with van der Waals surface area (Å²) in [7, 11) is -3.05. The van der Waals surface area contributed by atoms with Gasteiger partial charge in [0.25, 0.3) is 0 Å². The van der Waals surface area contributed by atoms with E-state index in [-0.39, 0.29) is 5.75 Å². The van der Waals surface area contributed by atoms with Crippen LogP contribution in [0.5, 0.6) is 0 Å². The third kappa shape index (κ3) is 3.12. The van der Waals surface area contributed by atoms with Gasteiger partial charge in [-0.3, -0.25) is 0 Å². The maximum Gasteiger partial charge on any atom is 0.178 e. The highest BCUT2D eigenvalue weighted by Gasteiger charge is 2.11. The number of hydrogen-bond donors (Lipinski definition) is 0. The van der Waals surface area contributed by atoms with Crippen molar-refractivity contribution in [1.29, 1.82) is 0 Å². The first-order chi connectivity index (χ1) is 6.17. The fraction of sp³-hybridized carbons (Fsp3) is 0.333. The van der Waals surface area contributed by atoms with E-state index < -0.39 is 9.84 Å². The van der Waals surface area contributed by atoms with Crippen LogP contribution >= 0.6 is 15.9 Å². The Balaban J connectivity index is 2.83. The molecule has 0 amide bonds. The fourth-order valence-corrected chi connectivity index (χ4v) is 2.97. The zero-order valence-corrected chi connectivity index (χ0v) is 9.51. The summed E-state index contributed by atoms with van der Waals surface area (Å²) in [6, 6.07) is 8.54. The topological polar surface area (TPSA) is 34.1 Å². The van der Waals surface area contributed by atoms with Crippen LogP contribution in [0.25, 0.3) is 0 Å². The van der Waals surface area contributed by atoms with Crippen molar-refractivity contribution < 1.29 is 8.42 Å². The molecule has 1 rings (SSSR count). The van der Waals surface area contributed by atoms with E-state index in [0.29, 0.717) is 11.3 Å². The molecule has 0 aromatic heterocycles. The van der Waals surface area contributed by atoms with E-state index in [4.69, 9.17) is 0 Å². The van der Waals surface area contributed by atoms with Crippen molar-refractivity contribution >= 4 is 25.8 Å². The van der Waals surface area contributed by atoms with Crippen molar-refractivity contribution in [3.63, 3.8) is 0 Å². The van der Waals surface area contributed by atoms with E-state index in [9.17, 15) is 8.42 Å². The van der Waals surface area contributed by atoms with Crippen LogP contribution in [0, 0.1) is 0 Å². The standard InChI is InChI=1S/C9H11BrO2S/c10-7-4-8-13(11,12)9-5-2-1-3-6-9/h1-3,5-6H,4,7-8H2. The van der Waals surface area contributed by atoms with Crippen LogP contribution in [-0.4, -0.2) is 19.5 Å². The SMILES string of the molecule is O=S(=O)(CCCBr)c1ccccc1. The first kappa shape index (κ1) is 10.7. The average Bonchev–Trinajstić information content (AvgIpc) is 2.16. The van der Waals surface area contributed by atoms with Gasteiger partial charge in [-0.15, -0.1) is 0 Å². The Hall–Kier alpha value is -0.350. The summed E-state index contributed by atoms with van der Waals surface area (Å²) in [5, 5.41) is 0.721. The molecule has 0 saturated heterocycles. The molecular weight excluding hydrogens is 252 g/mol. The van der Waals surface area contributed by atoms with Crippen molar-refractivity contribution in [3.8, 4) is 0 Å². The summed E-state index contributed by atoms with van der Waals surface area (Å²) in [5.74, 6) is 0.211. The summed E-state index contributed by atoms with van der Waals surface area (Å²) < 4.78 is 23.1. The minimum Gasteiger partial charge on any atom is -0.224 e. The smallest absolute Gasteiger partial charge is 0.178 e. The normalized spacial score (nSPS) is 11.5. The minimum absolute atomic E-state index is 0.211. The molecule has 1 aromatic carbocycles. The molecule has 0 atom stereocenters. The molecular formula is C9H11BrO2S. The van der Waals surface area contributed by atoms with Gasteiger partial charge in [0.15, 0.2) is 9.84 Å². The molecule has 0 heterocycles. The molecule has 0 bridgehead atoms. The minimum atomic E-state index is -3.05. The highest BCUT2D eigenvalue weighted by Crippen LogP contribution is 2.11. The van der Waals surface area contributed by atoms with Gasteiger partial charge in [-0.1, -0.05) is 34.1 Å².